The van der Waals surface area contributed by atoms with E-state index in [1.807, 2.05) is 13.8 Å². The zero-order valence-electron chi connectivity index (χ0n) is 11.4. The Hall–Kier alpha value is -0.810. The monoisotopic (exact) mass is 256 g/mol. The predicted molar refractivity (Wildman–Crippen MR) is 68.6 cm³/mol. The van der Waals surface area contributed by atoms with Crippen molar-refractivity contribution in [3.8, 4) is 0 Å². The highest BCUT2D eigenvalue weighted by atomic mass is 16.6. The molecule has 5 heteroatoms. The maximum absolute atomic E-state index is 11.9. The Morgan fingerprint density at radius 2 is 2.06 bits per heavy atom. The lowest BCUT2D eigenvalue weighted by molar-refractivity contribution is -0.0217. The molecule has 1 spiro atoms. The van der Waals surface area contributed by atoms with Gasteiger partial charge in [0.25, 0.3) is 0 Å². The molecule has 2 saturated heterocycles. The Balaban J connectivity index is 1.83. The van der Waals surface area contributed by atoms with Gasteiger partial charge in [-0.1, -0.05) is 0 Å². The molecule has 2 aliphatic rings. The van der Waals surface area contributed by atoms with Gasteiger partial charge in [-0.2, -0.15) is 0 Å². The van der Waals surface area contributed by atoms with Crippen molar-refractivity contribution in [2.45, 2.75) is 44.8 Å². The molecule has 0 radical (unpaired) electrons. The Kier molecular flexibility index (Phi) is 4.45. The fraction of sp³-hybridized carbons (Fsp3) is 0.923. The van der Waals surface area contributed by atoms with Crippen molar-refractivity contribution in [2.75, 3.05) is 32.8 Å². The van der Waals surface area contributed by atoms with E-state index >= 15 is 0 Å². The number of hydrogen-bond acceptors (Lipinski definition) is 4. The first kappa shape index (κ1) is 13.6. The minimum absolute atomic E-state index is 0.0422. The van der Waals surface area contributed by atoms with Gasteiger partial charge >= 0.3 is 6.09 Å². The van der Waals surface area contributed by atoms with E-state index in [9.17, 15) is 4.79 Å². The smallest absolute Gasteiger partial charge is 0.410 e. The van der Waals surface area contributed by atoms with E-state index in [0.29, 0.717) is 19.7 Å². The zero-order chi connectivity index (χ0) is 13.0. The number of amides is 1. The number of hydrogen-bond donors (Lipinski definition) is 1. The second-order valence-electron chi connectivity index (χ2n) is 5.13. The Labute approximate surface area is 109 Å². The first-order valence-corrected chi connectivity index (χ1v) is 6.99. The average molecular weight is 256 g/mol. The van der Waals surface area contributed by atoms with Crippen LogP contribution in [-0.2, 0) is 9.47 Å². The summed E-state index contributed by atoms with van der Waals surface area (Å²) in [5.74, 6) is 0. The fourth-order valence-electron chi connectivity index (χ4n) is 2.81. The normalized spacial score (nSPS) is 26.2. The summed E-state index contributed by atoms with van der Waals surface area (Å²) in [4.78, 5) is 13.6. The third-order valence-corrected chi connectivity index (χ3v) is 3.98. The van der Waals surface area contributed by atoms with E-state index in [1.165, 1.54) is 0 Å². The van der Waals surface area contributed by atoms with Crippen LogP contribution in [-0.4, -0.2) is 55.5 Å². The molecule has 0 bridgehead atoms. The quantitative estimate of drug-likeness (QED) is 0.828. The van der Waals surface area contributed by atoms with E-state index in [0.717, 1.165) is 32.4 Å². The van der Waals surface area contributed by atoms with Gasteiger partial charge in [0.2, 0.25) is 0 Å². The second kappa shape index (κ2) is 5.89. The summed E-state index contributed by atoms with van der Waals surface area (Å²) in [6.07, 6.45) is 2.61. The summed E-state index contributed by atoms with van der Waals surface area (Å²) in [7, 11) is 0. The van der Waals surface area contributed by atoms with Crippen molar-refractivity contribution in [2.24, 2.45) is 0 Å². The molecular weight excluding hydrogens is 232 g/mol. The maximum Gasteiger partial charge on any atom is 0.410 e. The van der Waals surface area contributed by atoms with Crippen LogP contribution in [0.4, 0.5) is 4.79 Å². The SMILES string of the molecule is CCN(CC)C(=O)OC1COC2(CCNCC2)C1. The van der Waals surface area contributed by atoms with Crippen molar-refractivity contribution in [3.63, 3.8) is 0 Å². The highest BCUT2D eigenvalue weighted by Gasteiger charge is 2.42. The van der Waals surface area contributed by atoms with Crippen molar-refractivity contribution in [3.05, 3.63) is 0 Å². The van der Waals surface area contributed by atoms with Gasteiger partial charge in [0.15, 0.2) is 0 Å². The lowest BCUT2D eigenvalue weighted by Crippen LogP contribution is -2.42. The van der Waals surface area contributed by atoms with E-state index in [-0.39, 0.29) is 17.8 Å². The molecule has 0 aromatic heterocycles. The van der Waals surface area contributed by atoms with Crippen molar-refractivity contribution < 1.29 is 14.3 Å². The molecule has 1 amide bonds. The standard InChI is InChI=1S/C13H24N2O3/c1-3-15(4-2)12(16)18-11-9-13(17-10-11)5-7-14-8-6-13/h11,14H,3-10H2,1-2H3. The summed E-state index contributed by atoms with van der Waals surface area (Å²) in [5, 5.41) is 3.33. The zero-order valence-corrected chi connectivity index (χ0v) is 11.4. The van der Waals surface area contributed by atoms with Gasteiger partial charge in [0.05, 0.1) is 12.2 Å². The van der Waals surface area contributed by atoms with Crippen molar-refractivity contribution >= 4 is 6.09 Å². The van der Waals surface area contributed by atoms with Gasteiger partial charge in [0.1, 0.15) is 6.10 Å². The predicted octanol–water partition coefficient (Wildman–Crippen LogP) is 1.38. The number of nitrogens with zero attached hydrogens (tertiary/aromatic N) is 1. The molecule has 2 heterocycles. The van der Waals surface area contributed by atoms with Gasteiger partial charge in [0, 0.05) is 19.5 Å². The molecule has 18 heavy (non-hydrogen) atoms. The van der Waals surface area contributed by atoms with E-state index in [2.05, 4.69) is 5.32 Å². The van der Waals surface area contributed by atoms with Crippen LogP contribution in [0.1, 0.15) is 33.1 Å². The molecule has 1 N–H and O–H groups in total. The number of ether oxygens (including phenoxy) is 2. The van der Waals surface area contributed by atoms with Crippen LogP contribution in [0.2, 0.25) is 0 Å². The first-order valence-electron chi connectivity index (χ1n) is 6.99. The topological polar surface area (TPSA) is 50.8 Å². The van der Waals surface area contributed by atoms with E-state index in [1.54, 1.807) is 4.90 Å². The molecule has 0 aromatic rings. The largest absolute Gasteiger partial charge is 0.444 e. The molecule has 0 saturated carbocycles. The van der Waals surface area contributed by atoms with Crippen molar-refractivity contribution in [1.82, 2.24) is 10.2 Å². The third-order valence-electron chi connectivity index (χ3n) is 3.98. The summed E-state index contributed by atoms with van der Waals surface area (Å²) < 4.78 is 11.4. The molecule has 0 aromatic carbocycles. The minimum atomic E-state index is -0.209. The molecule has 2 rings (SSSR count). The molecule has 104 valence electrons. The minimum Gasteiger partial charge on any atom is -0.444 e. The molecular formula is C13H24N2O3. The average Bonchev–Trinajstić information content (AvgIpc) is 2.74. The molecule has 5 nitrogen and oxygen atoms in total. The summed E-state index contributed by atoms with van der Waals surface area (Å²) in [6.45, 7) is 7.85. The molecule has 2 aliphatic heterocycles. The third kappa shape index (κ3) is 2.95. The highest BCUT2D eigenvalue weighted by Crippen LogP contribution is 2.35. The van der Waals surface area contributed by atoms with Crippen LogP contribution < -0.4 is 5.32 Å². The number of piperidine rings is 1. The molecule has 1 atom stereocenters. The fourth-order valence-corrected chi connectivity index (χ4v) is 2.81. The Morgan fingerprint density at radius 1 is 1.39 bits per heavy atom. The number of rotatable bonds is 3. The van der Waals surface area contributed by atoms with E-state index in [4.69, 9.17) is 9.47 Å². The van der Waals surface area contributed by atoms with Crippen LogP contribution in [0.15, 0.2) is 0 Å². The lowest BCUT2D eigenvalue weighted by atomic mass is 9.89. The summed E-state index contributed by atoms with van der Waals surface area (Å²) in [6, 6.07) is 0. The van der Waals surface area contributed by atoms with Gasteiger partial charge < -0.3 is 19.7 Å². The van der Waals surface area contributed by atoms with Gasteiger partial charge in [-0.05, 0) is 39.8 Å². The van der Waals surface area contributed by atoms with Crippen molar-refractivity contribution in [1.29, 1.82) is 0 Å². The van der Waals surface area contributed by atoms with Crippen LogP contribution >= 0.6 is 0 Å². The number of carbonyl (C=O) groups excluding carboxylic acids is 1. The highest BCUT2D eigenvalue weighted by molar-refractivity contribution is 5.67. The number of nitrogens with one attached hydrogen (secondary N) is 1. The van der Waals surface area contributed by atoms with Gasteiger partial charge in [-0.3, -0.25) is 0 Å². The maximum atomic E-state index is 11.9. The molecule has 0 aliphatic carbocycles. The van der Waals surface area contributed by atoms with E-state index < -0.39 is 0 Å². The first-order chi connectivity index (χ1) is 8.69. The van der Waals surface area contributed by atoms with Crippen LogP contribution in [0.3, 0.4) is 0 Å². The summed E-state index contributed by atoms with van der Waals surface area (Å²) in [5.41, 5.74) is -0.0422. The molecule has 2 fully saturated rings. The van der Waals surface area contributed by atoms with Crippen LogP contribution in [0.5, 0.6) is 0 Å². The lowest BCUT2D eigenvalue weighted by Gasteiger charge is -2.32. The van der Waals surface area contributed by atoms with Crippen LogP contribution in [0, 0.1) is 0 Å². The van der Waals surface area contributed by atoms with Crippen LogP contribution in [0.25, 0.3) is 0 Å². The summed E-state index contributed by atoms with van der Waals surface area (Å²) >= 11 is 0. The Bertz CT molecular complexity index is 286. The molecule has 1 unspecified atom stereocenters. The second-order valence-corrected chi connectivity index (χ2v) is 5.13. The van der Waals surface area contributed by atoms with Gasteiger partial charge in [-0.15, -0.1) is 0 Å². The number of carbonyl (C=O) groups is 1. The Morgan fingerprint density at radius 3 is 2.67 bits per heavy atom. The van der Waals surface area contributed by atoms with Gasteiger partial charge in [-0.25, -0.2) is 4.79 Å².